The maximum Gasteiger partial charge on any atom is 0.323 e. The van der Waals surface area contributed by atoms with E-state index in [2.05, 4.69) is 0 Å². The van der Waals surface area contributed by atoms with Crippen molar-refractivity contribution in [2.45, 2.75) is 46.2 Å². The van der Waals surface area contributed by atoms with Gasteiger partial charge in [0.1, 0.15) is 12.1 Å². The van der Waals surface area contributed by atoms with Crippen LogP contribution in [0, 0.1) is 11.8 Å². The molecule has 19 heavy (non-hydrogen) atoms. The summed E-state index contributed by atoms with van der Waals surface area (Å²) in [6.07, 6.45) is 0.438. The first-order valence-corrected chi connectivity index (χ1v) is 6.61. The monoisotopic (exact) mass is 274 g/mol. The molecule has 0 bridgehead atoms. The van der Waals surface area contributed by atoms with Gasteiger partial charge in [-0.3, -0.25) is 9.59 Å². The molecule has 0 radical (unpaired) electrons. The lowest BCUT2D eigenvalue weighted by molar-refractivity contribution is -0.148. The van der Waals surface area contributed by atoms with Crippen molar-refractivity contribution in [1.82, 2.24) is 0 Å². The number of carbonyl (C=O) groups is 2. The minimum absolute atomic E-state index is 0.0365. The van der Waals surface area contributed by atoms with Crippen LogP contribution in [0.15, 0.2) is 0 Å². The van der Waals surface area contributed by atoms with Crippen molar-refractivity contribution in [3.05, 3.63) is 0 Å². The molecule has 2 unspecified atom stereocenters. The second-order valence-corrected chi connectivity index (χ2v) is 5.23. The SMILES string of the molecule is CC(C)C(N)C(=O)OCCCOC(=O)C(N)C(C)C. The van der Waals surface area contributed by atoms with Crippen LogP contribution in [0.1, 0.15) is 34.1 Å². The average Bonchev–Trinajstić information content (AvgIpc) is 2.35. The number of hydrogen-bond donors (Lipinski definition) is 2. The first-order chi connectivity index (χ1) is 8.77. The van der Waals surface area contributed by atoms with Crippen molar-refractivity contribution in [3.63, 3.8) is 0 Å². The quantitative estimate of drug-likeness (QED) is 0.491. The normalized spacial score (nSPS) is 14.3. The molecule has 6 nitrogen and oxygen atoms in total. The number of rotatable bonds is 8. The molecule has 0 heterocycles. The Morgan fingerprint density at radius 1 is 0.842 bits per heavy atom. The van der Waals surface area contributed by atoms with Crippen molar-refractivity contribution in [2.24, 2.45) is 23.3 Å². The molecule has 0 aromatic heterocycles. The van der Waals surface area contributed by atoms with Gasteiger partial charge in [-0.15, -0.1) is 0 Å². The standard InChI is InChI=1S/C13H26N2O4/c1-8(2)10(14)12(16)18-6-5-7-19-13(17)11(15)9(3)4/h8-11H,5-7,14-15H2,1-4H3. The molecule has 0 aliphatic heterocycles. The topological polar surface area (TPSA) is 105 Å². The fourth-order valence-electron chi connectivity index (χ4n) is 1.14. The van der Waals surface area contributed by atoms with E-state index in [1.54, 1.807) is 0 Å². The highest BCUT2D eigenvalue weighted by Crippen LogP contribution is 2.02. The zero-order chi connectivity index (χ0) is 15.0. The van der Waals surface area contributed by atoms with E-state index in [0.29, 0.717) is 6.42 Å². The molecule has 0 aromatic carbocycles. The Balaban J connectivity index is 3.71. The summed E-state index contributed by atoms with van der Waals surface area (Å²) in [6.45, 7) is 7.76. The van der Waals surface area contributed by atoms with Gasteiger partial charge in [0.25, 0.3) is 0 Å². The fourth-order valence-corrected chi connectivity index (χ4v) is 1.14. The van der Waals surface area contributed by atoms with Crippen LogP contribution < -0.4 is 11.5 Å². The second-order valence-electron chi connectivity index (χ2n) is 5.23. The summed E-state index contributed by atoms with van der Waals surface area (Å²) in [5.41, 5.74) is 11.2. The number of hydrogen-bond acceptors (Lipinski definition) is 6. The highest BCUT2D eigenvalue weighted by molar-refractivity contribution is 5.76. The molecule has 0 saturated carbocycles. The Bertz CT molecular complexity index is 264. The molecule has 112 valence electrons. The summed E-state index contributed by atoms with van der Waals surface area (Å²) >= 11 is 0. The summed E-state index contributed by atoms with van der Waals surface area (Å²) < 4.78 is 9.94. The Hall–Kier alpha value is -1.14. The molecular weight excluding hydrogens is 248 g/mol. The van der Waals surface area contributed by atoms with Crippen LogP contribution in [-0.4, -0.2) is 37.2 Å². The van der Waals surface area contributed by atoms with Crippen LogP contribution >= 0.6 is 0 Å². The Morgan fingerprint density at radius 2 is 1.16 bits per heavy atom. The lowest BCUT2D eigenvalue weighted by Crippen LogP contribution is -2.38. The van der Waals surface area contributed by atoms with Crippen LogP contribution in [0.3, 0.4) is 0 Å². The Morgan fingerprint density at radius 3 is 1.42 bits per heavy atom. The predicted molar refractivity (Wildman–Crippen MR) is 72.2 cm³/mol. The highest BCUT2D eigenvalue weighted by Gasteiger charge is 2.19. The van der Waals surface area contributed by atoms with Crippen molar-refractivity contribution in [2.75, 3.05) is 13.2 Å². The van der Waals surface area contributed by atoms with E-state index in [9.17, 15) is 9.59 Å². The Kier molecular flexibility index (Phi) is 8.34. The molecule has 2 atom stereocenters. The molecule has 0 amide bonds. The second kappa shape index (κ2) is 8.87. The van der Waals surface area contributed by atoms with Gasteiger partial charge in [0, 0.05) is 6.42 Å². The first kappa shape index (κ1) is 17.9. The van der Waals surface area contributed by atoms with Crippen LogP contribution in [0.5, 0.6) is 0 Å². The van der Waals surface area contributed by atoms with E-state index < -0.39 is 24.0 Å². The van der Waals surface area contributed by atoms with Crippen molar-refractivity contribution in [1.29, 1.82) is 0 Å². The van der Waals surface area contributed by atoms with Crippen LogP contribution in [0.4, 0.5) is 0 Å². The highest BCUT2D eigenvalue weighted by atomic mass is 16.5. The zero-order valence-corrected chi connectivity index (χ0v) is 12.2. The third-order valence-electron chi connectivity index (χ3n) is 2.76. The van der Waals surface area contributed by atoms with Crippen LogP contribution in [-0.2, 0) is 19.1 Å². The number of carbonyl (C=O) groups excluding carboxylic acids is 2. The maximum atomic E-state index is 11.4. The lowest BCUT2D eigenvalue weighted by Gasteiger charge is -2.15. The van der Waals surface area contributed by atoms with Gasteiger partial charge in [-0.1, -0.05) is 27.7 Å². The number of nitrogens with two attached hydrogens (primary N) is 2. The van der Waals surface area contributed by atoms with Crippen LogP contribution in [0.2, 0.25) is 0 Å². The molecule has 0 aromatic rings. The summed E-state index contributed by atoms with van der Waals surface area (Å²) in [4.78, 5) is 22.8. The molecule has 4 N–H and O–H groups in total. The molecule has 6 heteroatoms. The molecule has 0 fully saturated rings. The molecular formula is C13H26N2O4. The van der Waals surface area contributed by atoms with E-state index in [-0.39, 0.29) is 25.0 Å². The summed E-state index contributed by atoms with van der Waals surface area (Å²) in [7, 11) is 0. The van der Waals surface area contributed by atoms with Gasteiger partial charge in [0.15, 0.2) is 0 Å². The summed E-state index contributed by atoms with van der Waals surface area (Å²) in [6, 6.07) is -1.23. The van der Waals surface area contributed by atoms with E-state index in [1.807, 2.05) is 27.7 Å². The largest absolute Gasteiger partial charge is 0.464 e. The minimum Gasteiger partial charge on any atom is -0.464 e. The van der Waals surface area contributed by atoms with Crippen molar-refractivity contribution in [3.8, 4) is 0 Å². The van der Waals surface area contributed by atoms with Gasteiger partial charge >= 0.3 is 11.9 Å². The molecule has 0 aliphatic carbocycles. The third kappa shape index (κ3) is 7.12. The van der Waals surface area contributed by atoms with Gasteiger partial charge in [-0.05, 0) is 11.8 Å². The molecule has 0 rings (SSSR count). The molecule has 0 spiro atoms. The molecule has 0 saturated heterocycles. The summed E-state index contributed by atoms with van der Waals surface area (Å²) in [5.74, 6) is -0.788. The van der Waals surface area contributed by atoms with Gasteiger partial charge in [0.2, 0.25) is 0 Å². The first-order valence-electron chi connectivity index (χ1n) is 6.61. The Labute approximate surface area is 114 Å². The van der Waals surface area contributed by atoms with Crippen LogP contribution in [0.25, 0.3) is 0 Å². The minimum atomic E-state index is -0.614. The smallest absolute Gasteiger partial charge is 0.323 e. The predicted octanol–water partition coefficient (Wildman–Crippen LogP) is 0.430. The van der Waals surface area contributed by atoms with Gasteiger partial charge < -0.3 is 20.9 Å². The fraction of sp³-hybridized carbons (Fsp3) is 0.846. The van der Waals surface area contributed by atoms with E-state index in [4.69, 9.17) is 20.9 Å². The number of ether oxygens (including phenoxy) is 2. The van der Waals surface area contributed by atoms with Gasteiger partial charge in [-0.2, -0.15) is 0 Å². The number of esters is 2. The average molecular weight is 274 g/mol. The van der Waals surface area contributed by atoms with E-state index in [1.165, 1.54) is 0 Å². The van der Waals surface area contributed by atoms with Crippen molar-refractivity contribution >= 4 is 11.9 Å². The molecule has 0 aliphatic rings. The van der Waals surface area contributed by atoms with Crippen molar-refractivity contribution < 1.29 is 19.1 Å². The zero-order valence-electron chi connectivity index (χ0n) is 12.2. The summed E-state index contributed by atoms with van der Waals surface area (Å²) in [5, 5.41) is 0. The van der Waals surface area contributed by atoms with Gasteiger partial charge in [0.05, 0.1) is 13.2 Å². The maximum absolute atomic E-state index is 11.4. The lowest BCUT2D eigenvalue weighted by atomic mass is 10.1. The van der Waals surface area contributed by atoms with E-state index in [0.717, 1.165) is 0 Å². The van der Waals surface area contributed by atoms with E-state index >= 15 is 0 Å². The third-order valence-corrected chi connectivity index (χ3v) is 2.76. The van der Waals surface area contributed by atoms with Gasteiger partial charge in [-0.25, -0.2) is 0 Å².